The summed E-state index contributed by atoms with van der Waals surface area (Å²) in [7, 11) is 1.56. The Hall–Kier alpha value is -2.60. The van der Waals surface area contributed by atoms with Crippen LogP contribution in [0, 0.1) is 0 Å². The molecule has 0 aliphatic carbocycles. The molecule has 0 aromatic heterocycles. The van der Waals surface area contributed by atoms with Crippen molar-refractivity contribution in [3.8, 4) is 17.2 Å². The topological polar surface area (TPSA) is 82.8 Å². The molecule has 0 spiro atoms. The molecule has 148 valence electrons. The monoisotopic (exact) mass is 394 g/mol. The van der Waals surface area contributed by atoms with Gasteiger partial charge in [0.1, 0.15) is 5.75 Å². The van der Waals surface area contributed by atoms with E-state index in [1.54, 1.807) is 43.5 Å². The van der Waals surface area contributed by atoms with Gasteiger partial charge in [0.25, 0.3) is 5.91 Å². The zero-order valence-electron chi connectivity index (χ0n) is 15.9. The highest BCUT2D eigenvalue weighted by molar-refractivity contribution is 6.06. The number of benzene rings is 2. The van der Waals surface area contributed by atoms with E-state index in [1.165, 1.54) is 0 Å². The van der Waals surface area contributed by atoms with Crippen LogP contribution in [0.4, 0.5) is 11.4 Å². The highest BCUT2D eigenvalue weighted by Gasteiger charge is 2.13. The minimum absolute atomic E-state index is 0. The van der Waals surface area contributed by atoms with Crippen molar-refractivity contribution in [1.29, 1.82) is 0 Å². The molecule has 0 bridgehead atoms. The van der Waals surface area contributed by atoms with Crippen molar-refractivity contribution in [2.75, 3.05) is 31.4 Å². The van der Waals surface area contributed by atoms with E-state index in [2.05, 4.69) is 12.2 Å². The standard InChI is InChI=1S/C20H26N2O4.ClH/c1-4-6-11-26-18-10-7-14(12-19(18)25-5-2)20(23)22-17-13-15(24-3)8-9-16(17)21;/h7-10,12-13H,4-6,11,21H2,1-3H3,(H,22,23);1H. The van der Waals surface area contributed by atoms with E-state index in [0.717, 1.165) is 12.8 Å². The summed E-state index contributed by atoms with van der Waals surface area (Å²) in [6.07, 6.45) is 2.01. The molecular weight excluding hydrogens is 368 g/mol. The molecule has 0 radical (unpaired) electrons. The second-order valence-electron chi connectivity index (χ2n) is 5.70. The first-order valence-electron chi connectivity index (χ1n) is 8.73. The fraction of sp³-hybridized carbons (Fsp3) is 0.350. The van der Waals surface area contributed by atoms with Gasteiger partial charge in [-0.1, -0.05) is 13.3 Å². The van der Waals surface area contributed by atoms with Crippen LogP contribution in [-0.4, -0.2) is 26.2 Å². The molecule has 0 aliphatic heterocycles. The minimum atomic E-state index is -0.286. The molecule has 0 fully saturated rings. The van der Waals surface area contributed by atoms with Crippen LogP contribution < -0.4 is 25.3 Å². The van der Waals surface area contributed by atoms with Gasteiger partial charge in [-0.25, -0.2) is 0 Å². The average molecular weight is 395 g/mol. The van der Waals surface area contributed by atoms with Crippen molar-refractivity contribution >= 4 is 29.7 Å². The van der Waals surface area contributed by atoms with Crippen LogP contribution in [0.1, 0.15) is 37.0 Å². The van der Waals surface area contributed by atoms with Crippen molar-refractivity contribution in [1.82, 2.24) is 0 Å². The van der Waals surface area contributed by atoms with Crippen LogP contribution in [0.25, 0.3) is 0 Å². The first-order valence-corrected chi connectivity index (χ1v) is 8.73. The summed E-state index contributed by atoms with van der Waals surface area (Å²) in [5.41, 5.74) is 7.34. The molecule has 3 N–H and O–H groups in total. The number of ether oxygens (including phenoxy) is 3. The van der Waals surface area contributed by atoms with Crippen molar-refractivity contribution < 1.29 is 19.0 Å². The van der Waals surface area contributed by atoms with Crippen LogP contribution in [0.3, 0.4) is 0 Å². The molecule has 0 saturated heterocycles. The van der Waals surface area contributed by atoms with Gasteiger partial charge in [-0.3, -0.25) is 4.79 Å². The second-order valence-corrected chi connectivity index (χ2v) is 5.70. The van der Waals surface area contributed by atoms with Gasteiger partial charge in [-0.05, 0) is 43.7 Å². The van der Waals surface area contributed by atoms with E-state index in [1.807, 2.05) is 6.92 Å². The van der Waals surface area contributed by atoms with Gasteiger partial charge in [0.15, 0.2) is 11.5 Å². The molecule has 6 nitrogen and oxygen atoms in total. The molecule has 2 aromatic rings. The normalized spacial score (nSPS) is 9.89. The SMILES string of the molecule is CCCCOc1ccc(C(=O)Nc2cc(OC)ccc2N)cc1OCC.Cl. The fourth-order valence-electron chi connectivity index (χ4n) is 2.33. The van der Waals surface area contributed by atoms with E-state index in [4.69, 9.17) is 19.9 Å². The molecule has 1 amide bonds. The third-order valence-corrected chi connectivity index (χ3v) is 3.77. The highest BCUT2D eigenvalue weighted by Crippen LogP contribution is 2.30. The maximum absolute atomic E-state index is 12.6. The maximum atomic E-state index is 12.6. The van der Waals surface area contributed by atoms with Gasteiger partial charge in [-0.15, -0.1) is 12.4 Å². The molecular formula is C20H27ClN2O4. The van der Waals surface area contributed by atoms with E-state index < -0.39 is 0 Å². The summed E-state index contributed by atoms with van der Waals surface area (Å²) in [5, 5.41) is 2.80. The number of hydrogen-bond acceptors (Lipinski definition) is 5. The predicted molar refractivity (Wildman–Crippen MR) is 111 cm³/mol. The average Bonchev–Trinajstić information content (AvgIpc) is 2.65. The molecule has 0 unspecified atom stereocenters. The van der Waals surface area contributed by atoms with E-state index in [9.17, 15) is 4.79 Å². The van der Waals surface area contributed by atoms with Gasteiger partial charge in [0.2, 0.25) is 0 Å². The van der Waals surface area contributed by atoms with Crippen LogP contribution in [0.5, 0.6) is 17.2 Å². The number of methoxy groups -OCH3 is 1. The lowest BCUT2D eigenvalue weighted by molar-refractivity contribution is 0.102. The molecule has 0 saturated carbocycles. The van der Waals surface area contributed by atoms with E-state index >= 15 is 0 Å². The molecule has 27 heavy (non-hydrogen) atoms. The number of carbonyl (C=O) groups is 1. The summed E-state index contributed by atoms with van der Waals surface area (Å²) >= 11 is 0. The summed E-state index contributed by atoms with van der Waals surface area (Å²) in [4.78, 5) is 12.6. The van der Waals surface area contributed by atoms with E-state index in [0.29, 0.717) is 47.4 Å². The summed E-state index contributed by atoms with van der Waals surface area (Å²) in [6, 6.07) is 10.2. The van der Waals surface area contributed by atoms with Crippen LogP contribution in [-0.2, 0) is 0 Å². The number of rotatable bonds is 9. The first kappa shape index (κ1) is 22.4. The lowest BCUT2D eigenvalue weighted by Crippen LogP contribution is -2.14. The lowest BCUT2D eigenvalue weighted by Gasteiger charge is -2.14. The Morgan fingerprint density at radius 3 is 2.52 bits per heavy atom. The lowest BCUT2D eigenvalue weighted by atomic mass is 10.1. The number of nitrogen functional groups attached to an aromatic ring is 1. The highest BCUT2D eigenvalue weighted by atomic mass is 35.5. The van der Waals surface area contributed by atoms with E-state index in [-0.39, 0.29) is 18.3 Å². The van der Waals surface area contributed by atoms with Crippen LogP contribution in [0.2, 0.25) is 0 Å². The molecule has 0 aliphatic rings. The molecule has 0 heterocycles. The van der Waals surface area contributed by atoms with Crippen molar-refractivity contribution in [3.05, 3.63) is 42.0 Å². The van der Waals surface area contributed by atoms with Gasteiger partial charge >= 0.3 is 0 Å². The summed E-state index contributed by atoms with van der Waals surface area (Å²) in [5.74, 6) is 1.52. The third-order valence-electron chi connectivity index (χ3n) is 3.77. The van der Waals surface area contributed by atoms with Gasteiger partial charge in [-0.2, -0.15) is 0 Å². The van der Waals surface area contributed by atoms with Crippen LogP contribution in [0.15, 0.2) is 36.4 Å². The smallest absolute Gasteiger partial charge is 0.255 e. The Morgan fingerprint density at radius 2 is 1.85 bits per heavy atom. The number of nitrogens with one attached hydrogen (secondary N) is 1. The quantitative estimate of drug-likeness (QED) is 0.482. The van der Waals surface area contributed by atoms with Gasteiger partial charge in [0.05, 0.1) is 31.7 Å². The molecule has 0 atom stereocenters. The Morgan fingerprint density at radius 1 is 1.07 bits per heavy atom. The number of carbonyl (C=O) groups excluding carboxylic acids is 1. The first-order chi connectivity index (χ1) is 12.6. The molecule has 7 heteroatoms. The number of unbranched alkanes of at least 4 members (excludes halogenated alkanes) is 1. The predicted octanol–water partition coefficient (Wildman–Crippen LogP) is 4.53. The summed E-state index contributed by atoms with van der Waals surface area (Å²) in [6.45, 7) is 5.09. The Labute approximate surface area is 166 Å². The molecule has 2 aromatic carbocycles. The minimum Gasteiger partial charge on any atom is -0.497 e. The Bertz CT molecular complexity index is 753. The number of halogens is 1. The largest absolute Gasteiger partial charge is 0.497 e. The number of anilines is 2. The third kappa shape index (κ3) is 6.25. The fourth-order valence-corrected chi connectivity index (χ4v) is 2.33. The van der Waals surface area contributed by atoms with Crippen molar-refractivity contribution in [2.45, 2.75) is 26.7 Å². The number of nitrogens with two attached hydrogens (primary N) is 1. The van der Waals surface area contributed by atoms with Gasteiger partial charge in [0, 0.05) is 11.6 Å². The van der Waals surface area contributed by atoms with Gasteiger partial charge < -0.3 is 25.3 Å². The maximum Gasteiger partial charge on any atom is 0.255 e. The number of amides is 1. The Kier molecular flexibility index (Phi) is 9.30. The van der Waals surface area contributed by atoms with Crippen LogP contribution >= 0.6 is 12.4 Å². The Balaban J connectivity index is 0.00000364. The molecule has 2 rings (SSSR count). The zero-order chi connectivity index (χ0) is 18.9. The van der Waals surface area contributed by atoms with Crippen molar-refractivity contribution in [3.63, 3.8) is 0 Å². The van der Waals surface area contributed by atoms with Crippen molar-refractivity contribution in [2.24, 2.45) is 0 Å². The second kappa shape index (κ2) is 11.2. The number of hydrogen-bond donors (Lipinski definition) is 2. The summed E-state index contributed by atoms with van der Waals surface area (Å²) < 4.78 is 16.5. The zero-order valence-corrected chi connectivity index (χ0v) is 16.7.